The van der Waals surface area contributed by atoms with Crippen molar-refractivity contribution in [1.29, 1.82) is 0 Å². The molecule has 1 fully saturated rings. The summed E-state index contributed by atoms with van der Waals surface area (Å²) in [4.78, 5) is 0. The van der Waals surface area contributed by atoms with Gasteiger partial charge >= 0.3 is 0 Å². The third-order valence-electron chi connectivity index (χ3n) is 4.88. The van der Waals surface area contributed by atoms with Crippen LogP contribution in [-0.4, -0.2) is 15.3 Å². The number of nitrogens with one attached hydrogen (secondary N) is 1. The quantitative estimate of drug-likeness (QED) is 0.876. The highest BCUT2D eigenvalue weighted by Crippen LogP contribution is 2.41. The molecule has 22 heavy (non-hydrogen) atoms. The summed E-state index contributed by atoms with van der Waals surface area (Å²) in [6.07, 6.45) is 3.67. The van der Waals surface area contributed by atoms with Gasteiger partial charge in [0, 0.05) is 19.1 Å². The van der Waals surface area contributed by atoms with Crippen molar-refractivity contribution in [3.05, 3.63) is 52.3 Å². The Balaban J connectivity index is 1.73. The van der Waals surface area contributed by atoms with Crippen molar-refractivity contribution in [2.45, 2.75) is 45.2 Å². The zero-order valence-electron chi connectivity index (χ0n) is 13.6. The maximum absolute atomic E-state index is 6.37. The number of halogens is 1. The molecule has 0 aliphatic heterocycles. The SMILES string of the molecule is Cc1c(Cl)c(CNC(C)(Cc2ccccc2)C2CC2)nn1C. The Bertz CT molecular complexity index is 646. The molecule has 1 atom stereocenters. The number of rotatable bonds is 6. The zero-order valence-corrected chi connectivity index (χ0v) is 14.3. The lowest BCUT2D eigenvalue weighted by atomic mass is 9.87. The molecule has 1 aliphatic carbocycles. The Morgan fingerprint density at radius 1 is 1.32 bits per heavy atom. The topological polar surface area (TPSA) is 29.9 Å². The molecule has 1 N–H and O–H groups in total. The molecule has 1 aromatic carbocycles. The van der Waals surface area contributed by atoms with E-state index in [2.05, 4.69) is 47.7 Å². The van der Waals surface area contributed by atoms with Gasteiger partial charge in [-0.1, -0.05) is 41.9 Å². The van der Waals surface area contributed by atoms with Crippen molar-refractivity contribution in [1.82, 2.24) is 15.1 Å². The molecule has 4 heteroatoms. The Kier molecular flexibility index (Phi) is 4.28. The molecule has 0 amide bonds. The maximum atomic E-state index is 6.37. The summed E-state index contributed by atoms with van der Waals surface area (Å²) in [6.45, 7) is 5.06. The summed E-state index contributed by atoms with van der Waals surface area (Å²) in [5.74, 6) is 0.747. The van der Waals surface area contributed by atoms with E-state index in [1.165, 1.54) is 18.4 Å². The summed E-state index contributed by atoms with van der Waals surface area (Å²) < 4.78 is 1.85. The maximum Gasteiger partial charge on any atom is 0.0951 e. The molecule has 2 aromatic rings. The largest absolute Gasteiger partial charge is 0.305 e. The first-order valence-corrected chi connectivity index (χ1v) is 8.34. The first-order valence-electron chi connectivity index (χ1n) is 7.96. The van der Waals surface area contributed by atoms with Crippen LogP contribution >= 0.6 is 11.6 Å². The lowest BCUT2D eigenvalue weighted by Crippen LogP contribution is -2.46. The number of aromatic nitrogens is 2. The molecule has 1 unspecified atom stereocenters. The van der Waals surface area contributed by atoms with Gasteiger partial charge in [-0.2, -0.15) is 5.10 Å². The Labute approximate surface area is 137 Å². The van der Waals surface area contributed by atoms with E-state index in [0.717, 1.165) is 35.3 Å². The molecule has 1 heterocycles. The second kappa shape index (κ2) is 6.05. The minimum Gasteiger partial charge on any atom is -0.305 e. The van der Waals surface area contributed by atoms with E-state index in [0.29, 0.717) is 0 Å². The van der Waals surface area contributed by atoms with Crippen molar-refractivity contribution >= 4 is 11.6 Å². The van der Waals surface area contributed by atoms with Crippen LogP contribution in [0.1, 0.15) is 36.7 Å². The fourth-order valence-corrected chi connectivity index (χ4v) is 3.37. The standard InChI is InChI=1S/C18H24ClN3/c1-13-17(19)16(21-22(13)3)12-20-18(2,15-9-10-15)11-14-7-5-4-6-8-14/h4-8,15,20H,9-12H2,1-3H3. The minimum atomic E-state index is 0.107. The fraction of sp³-hybridized carbons (Fsp3) is 0.500. The van der Waals surface area contributed by atoms with Crippen LogP contribution in [-0.2, 0) is 20.0 Å². The van der Waals surface area contributed by atoms with E-state index in [9.17, 15) is 0 Å². The lowest BCUT2D eigenvalue weighted by molar-refractivity contribution is 0.303. The highest BCUT2D eigenvalue weighted by atomic mass is 35.5. The molecule has 0 radical (unpaired) electrons. The predicted octanol–water partition coefficient (Wildman–Crippen LogP) is 3.88. The van der Waals surface area contributed by atoms with Gasteiger partial charge in [-0.25, -0.2) is 0 Å². The van der Waals surface area contributed by atoms with Crippen LogP contribution in [0.3, 0.4) is 0 Å². The van der Waals surface area contributed by atoms with Crippen LogP contribution < -0.4 is 5.32 Å². The highest BCUT2D eigenvalue weighted by molar-refractivity contribution is 6.31. The number of benzene rings is 1. The summed E-state index contributed by atoms with van der Waals surface area (Å²) in [6, 6.07) is 10.7. The van der Waals surface area contributed by atoms with Crippen LogP contribution in [0.2, 0.25) is 5.02 Å². The number of aryl methyl sites for hydroxylation is 1. The van der Waals surface area contributed by atoms with Crippen molar-refractivity contribution in [3.8, 4) is 0 Å². The molecule has 1 saturated carbocycles. The Hall–Kier alpha value is -1.32. The van der Waals surface area contributed by atoms with Crippen molar-refractivity contribution < 1.29 is 0 Å². The number of hydrogen-bond acceptors (Lipinski definition) is 2. The molecule has 3 rings (SSSR count). The minimum absolute atomic E-state index is 0.107. The van der Waals surface area contributed by atoms with E-state index in [-0.39, 0.29) is 5.54 Å². The fourth-order valence-electron chi connectivity index (χ4n) is 3.14. The number of hydrogen-bond donors (Lipinski definition) is 1. The van der Waals surface area contributed by atoms with E-state index < -0.39 is 0 Å². The molecule has 3 nitrogen and oxygen atoms in total. The smallest absolute Gasteiger partial charge is 0.0951 e. The van der Waals surface area contributed by atoms with Crippen LogP contribution in [0.4, 0.5) is 0 Å². The first-order chi connectivity index (χ1) is 10.5. The molecule has 0 spiro atoms. The van der Waals surface area contributed by atoms with Gasteiger partial charge in [-0.15, -0.1) is 0 Å². The van der Waals surface area contributed by atoms with Gasteiger partial charge in [0.1, 0.15) is 0 Å². The highest BCUT2D eigenvalue weighted by Gasteiger charge is 2.41. The average Bonchev–Trinajstić information content (AvgIpc) is 3.32. The monoisotopic (exact) mass is 317 g/mol. The zero-order chi connectivity index (χ0) is 15.7. The average molecular weight is 318 g/mol. The molecule has 1 aliphatic rings. The van der Waals surface area contributed by atoms with Gasteiger partial charge in [-0.3, -0.25) is 4.68 Å². The van der Waals surface area contributed by atoms with Crippen LogP contribution in [0.5, 0.6) is 0 Å². The van der Waals surface area contributed by atoms with Crippen LogP contribution in [0.25, 0.3) is 0 Å². The predicted molar refractivity (Wildman–Crippen MR) is 91.1 cm³/mol. The third-order valence-corrected chi connectivity index (χ3v) is 5.37. The normalized spacial score (nSPS) is 17.5. The molecule has 0 bridgehead atoms. The van der Waals surface area contributed by atoms with E-state index in [1.54, 1.807) is 0 Å². The molecule has 1 aromatic heterocycles. The summed E-state index contributed by atoms with van der Waals surface area (Å²) in [5, 5.41) is 9.05. The van der Waals surface area contributed by atoms with E-state index in [1.807, 2.05) is 18.7 Å². The van der Waals surface area contributed by atoms with Crippen molar-refractivity contribution in [2.75, 3.05) is 0 Å². The lowest BCUT2D eigenvalue weighted by Gasteiger charge is -2.31. The first kappa shape index (κ1) is 15.6. The van der Waals surface area contributed by atoms with Gasteiger partial charge in [0.25, 0.3) is 0 Å². The number of nitrogens with zero attached hydrogens (tertiary/aromatic N) is 2. The third kappa shape index (κ3) is 3.21. The van der Waals surface area contributed by atoms with Crippen molar-refractivity contribution in [3.63, 3.8) is 0 Å². The van der Waals surface area contributed by atoms with Crippen LogP contribution in [0, 0.1) is 12.8 Å². The molecule has 0 saturated heterocycles. The second-order valence-electron chi connectivity index (χ2n) is 6.68. The van der Waals surface area contributed by atoms with Gasteiger partial charge in [0.2, 0.25) is 0 Å². The van der Waals surface area contributed by atoms with E-state index >= 15 is 0 Å². The Morgan fingerprint density at radius 2 is 2.00 bits per heavy atom. The summed E-state index contributed by atoms with van der Waals surface area (Å²) in [7, 11) is 1.94. The van der Waals surface area contributed by atoms with Gasteiger partial charge in [0.05, 0.1) is 16.4 Å². The molecular formula is C18H24ClN3. The molecular weight excluding hydrogens is 294 g/mol. The molecule has 118 valence electrons. The van der Waals surface area contributed by atoms with Crippen molar-refractivity contribution in [2.24, 2.45) is 13.0 Å². The van der Waals surface area contributed by atoms with Gasteiger partial charge < -0.3 is 5.32 Å². The van der Waals surface area contributed by atoms with Gasteiger partial charge in [-0.05, 0) is 44.6 Å². The van der Waals surface area contributed by atoms with E-state index in [4.69, 9.17) is 11.6 Å². The second-order valence-corrected chi connectivity index (χ2v) is 7.06. The summed E-state index contributed by atoms with van der Waals surface area (Å²) in [5.41, 5.74) is 3.46. The van der Waals surface area contributed by atoms with Gasteiger partial charge in [0.15, 0.2) is 0 Å². The Morgan fingerprint density at radius 3 is 2.55 bits per heavy atom. The van der Waals surface area contributed by atoms with Crippen LogP contribution in [0.15, 0.2) is 30.3 Å². The summed E-state index contributed by atoms with van der Waals surface area (Å²) >= 11 is 6.37.